The molecule has 0 saturated heterocycles. The number of benzene rings is 2. The van der Waals surface area contributed by atoms with E-state index in [2.05, 4.69) is 0 Å². The maximum absolute atomic E-state index is 12.6. The number of hydrogen-bond acceptors (Lipinski definition) is 7. The van der Waals surface area contributed by atoms with Crippen molar-refractivity contribution in [1.29, 1.82) is 0 Å². The molecular weight excluding hydrogens is 392 g/mol. The highest BCUT2D eigenvalue weighted by Crippen LogP contribution is 2.17. The second-order valence-corrected chi connectivity index (χ2v) is 7.26. The van der Waals surface area contributed by atoms with E-state index in [1.54, 1.807) is 57.2 Å². The minimum absolute atomic E-state index is 0.0704. The third-order valence-electron chi connectivity index (χ3n) is 3.64. The summed E-state index contributed by atoms with van der Waals surface area (Å²) in [6, 6.07) is 15.3. The highest BCUT2D eigenvalue weighted by molar-refractivity contribution is 5.95. The van der Waals surface area contributed by atoms with E-state index in [4.69, 9.17) is 14.2 Å². The van der Waals surface area contributed by atoms with Gasteiger partial charge in [-0.3, -0.25) is 0 Å². The lowest BCUT2D eigenvalue weighted by Gasteiger charge is -2.27. The molecule has 8 heteroatoms. The molecule has 0 aliphatic heterocycles. The first-order valence-corrected chi connectivity index (χ1v) is 9.06. The van der Waals surface area contributed by atoms with Crippen LogP contribution < -0.4 is 0 Å². The quantitative estimate of drug-likeness (QED) is 0.543. The van der Waals surface area contributed by atoms with Crippen molar-refractivity contribution in [2.75, 3.05) is 0 Å². The molecule has 1 N–H and O–H groups in total. The van der Waals surface area contributed by atoms with Crippen LogP contribution in [-0.2, 0) is 23.8 Å². The van der Waals surface area contributed by atoms with Crippen molar-refractivity contribution in [3.05, 3.63) is 71.8 Å². The first-order valence-electron chi connectivity index (χ1n) is 9.06. The minimum atomic E-state index is -2.11. The average molecular weight is 414 g/mol. The molecule has 0 amide bonds. The Morgan fingerprint density at radius 1 is 0.733 bits per heavy atom. The van der Waals surface area contributed by atoms with Crippen LogP contribution in [0.25, 0.3) is 0 Å². The average Bonchev–Trinajstić information content (AvgIpc) is 2.70. The summed E-state index contributed by atoms with van der Waals surface area (Å²) in [4.78, 5) is 49.2. The van der Waals surface area contributed by atoms with Gasteiger partial charge in [0.05, 0.1) is 11.1 Å². The number of aliphatic carboxylic acids is 1. The maximum Gasteiger partial charge on any atom is 0.352 e. The minimum Gasteiger partial charge on any atom is -0.478 e. The number of rotatable bonds is 7. The number of esters is 3. The molecule has 2 aromatic carbocycles. The van der Waals surface area contributed by atoms with Crippen molar-refractivity contribution < 1.29 is 38.5 Å². The normalized spacial score (nSPS) is 12.9. The number of ether oxygens (including phenoxy) is 3. The van der Waals surface area contributed by atoms with Crippen molar-refractivity contribution in [3.8, 4) is 0 Å². The van der Waals surface area contributed by atoms with Crippen molar-refractivity contribution in [2.24, 2.45) is 0 Å². The molecule has 0 spiro atoms. The van der Waals surface area contributed by atoms with Gasteiger partial charge in [-0.1, -0.05) is 36.4 Å². The Hall–Kier alpha value is -3.68. The van der Waals surface area contributed by atoms with E-state index in [0.717, 1.165) is 0 Å². The molecule has 2 rings (SSSR count). The van der Waals surface area contributed by atoms with Gasteiger partial charge in [-0.05, 0) is 45.0 Å². The fourth-order valence-electron chi connectivity index (χ4n) is 2.35. The van der Waals surface area contributed by atoms with E-state index >= 15 is 0 Å². The summed E-state index contributed by atoms with van der Waals surface area (Å²) in [5, 5.41) is 9.59. The zero-order chi connectivity index (χ0) is 22.3. The zero-order valence-electron chi connectivity index (χ0n) is 16.7. The molecule has 0 fully saturated rings. The standard InChI is InChI=1S/C22H22O8/c1-22(2,3)30-21(27)17(29-20(26)15-12-8-5-9-13-15)16(18(23)24)28-19(25)14-10-6-4-7-11-14/h4-13,16-17H,1-3H3,(H,23,24)/t16-,17-/m1/s1. The molecule has 158 valence electrons. The van der Waals surface area contributed by atoms with Gasteiger partial charge in [0.1, 0.15) is 5.60 Å². The van der Waals surface area contributed by atoms with Crippen LogP contribution in [-0.4, -0.2) is 46.8 Å². The van der Waals surface area contributed by atoms with Crippen molar-refractivity contribution in [1.82, 2.24) is 0 Å². The second-order valence-electron chi connectivity index (χ2n) is 7.26. The van der Waals surface area contributed by atoms with E-state index < -0.39 is 41.7 Å². The SMILES string of the molecule is CC(C)(C)OC(=O)[C@H](OC(=O)c1ccccc1)[C@@H](OC(=O)c1ccccc1)C(=O)O. The van der Waals surface area contributed by atoms with Gasteiger partial charge in [0.2, 0.25) is 12.2 Å². The Labute approximate surface area is 173 Å². The molecule has 0 radical (unpaired) electrons. The van der Waals surface area contributed by atoms with Gasteiger partial charge in [-0.25, -0.2) is 19.2 Å². The fraction of sp³-hybridized carbons (Fsp3) is 0.273. The summed E-state index contributed by atoms with van der Waals surface area (Å²) < 4.78 is 15.3. The molecule has 2 atom stereocenters. The molecule has 30 heavy (non-hydrogen) atoms. The van der Waals surface area contributed by atoms with Crippen molar-refractivity contribution in [2.45, 2.75) is 38.6 Å². The summed E-state index contributed by atoms with van der Waals surface area (Å²) in [5.41, 5.74) is -0.841. The van der Waals surface area contributed by atoms with Crippen LogP contribution in [0.15, 0.2) is 60.7 Å². The molecule has 0 aromatic heterocycles. The highest BCUT2D eigenvalue weighted by atomic mass is 16.6. The van der Waals surface area contributed by atoms with Crippen LogP contribution >= 0.6 is 0 Å². The number of carboxylic acids is 1. The van der Waals surface area contributed by atoms with Gasteiger partial charge in [-0.15, -0.1) is 0 Å². The van der Waals surface area contributed by atoms with Gasteiger partial charge >= 0.3 is 23.9 Å². The van der Waals surface area contributed by atoms with Crippen LogP contribution in [0.2, 0.25) is 0 Å². The Morgan fingerprint density at radius 2 is 1.13 bits per heavy atom. The molecule has 0 aliphatic carbocycles. The van der Waals surface area contributed by atoms with Gasteiger partial charge in [-0.2, -0.15) is 0 Å². The van der Waals surface area contributed by atoms with E-state index in [1.165, 1.54) is 24.3 Å². The smallest absolute Gasteiger partial charge is 0.352 e. The first kappa shape index (κ1) is 22.6. The molecular formula is C22H22O8. The fourth-order valence-corrected chi connectivity index (χ4v) is 2.35. The van der Waals surface area contributed by atoms with Crippen LogP contribution in [0, 0.1) is 0 Å². The lowest BCUT2D eigenvalue weighted by Crippen LogP contribution is -2.48. The third kappa shape index (κ3) is 6.44. The molecule has 8 nitrogen and oxygen atoms in total. The Balaban J connectivity index is 2.32. The molecule has 0 saturated carbocycles. The highest BCUT2D eigenvalue weighted by Gasteiger charge is 2.43. The second kappa shape index (κ2) is 9.69. The largest absolute Gasteiger partial charge is 0.478 e. The monoisotopic (exact) mass is 414 g/mol. The van der Waals surface area contributed by atoms with Crippen molar-refractivity contribution in [3.63, 3.8) is 0 Å². The summed E-state index contributed by atoms with van der Waals surface area (Å²) in [6.45, 7) is 4.69. The molecule has 2 aromatic rings. The first-order chi connectivity index (χ1) is 14.1. The van der Waals surface area contributed by atoms with E-state index in [9.17, 15) is 24.3 Å². The summed E-state index contributed by atoms with van der Waals surface area (Å²) in [7, 11) is 0. The Morgan fingerprint density at radius 3 is 1.50 bits per heavy atom. The van der Waals surface area contributed by atoms with Crippen LogP contribution in [0.1, 0.15) is 41.5 Å². The van der Waals surface area contributed by atoms with E-state index in [0.29, 0.717) is 0 Å². The predicted molar refractivity (Wildman–Crippen MR) is 105 cm³/mol. The molecule has 0 bridgehead atoms. The van der Waals surface area contributed by atoms with Crippen LogP contribution in [0.5, 0.6) is 0 Å². The van der Waals surface area contributed by atoms with E-state index in [-0.39, 0.29) is 11.1 Å². The lowest BCUT2D eigenvalue weighted by molar-refractivity contribution is -0.178. The van der Waals surface area contributed by atoms with Crippen LogP contribution in [0.4, 0.5) is 0 Å². The van der Waals surface area contributed by atoms with Gasteiger partial charge < -0.3 is 19.3 Å². The molecule has 0 heterocycles. The number of carboxylic acid groups (broad SMARTS) is 1. The number of carbonyl (C=O) groups is 4. The molecule has 0 aliphatic rings. The Kier molecular flexibility index (Phi) is 7.30. The van der Waals surface area contributed by atoms with Crippen LogP contribution in [0.3, 0.4) is 0 Å². The van der Waals surface area contributed by atoms with E-state index in [1.807, 2.05) is 0 Å². The Bertz CT molecular complexity index is 900. The predicted octanol–water partition coefficient (Wildman–Crippen LogP) is 2.86. The summed E-state index contributed by atoms with van der Waals surface area (Å²) >= 11 is 0. The zero-order valence-corrected chi connectivity index (χ0v) is 16.7. The topological polar surface area (TPSA) is 116 Å². The third-order valence-corrected chi connectivity index (χ3v) is 3.64. The lowest BCUT2D eigenvalue weighted by atomic mass is 10.1. The summed E-state index contributed by atoms with van der Waals surface area (Å²) in [5.74, 6) is -4.78. The van der Waals surface area contributed by atoms with Gasteiger partial charge in [0.25, 0.3) is 0 Å². The number of carbonyl (C=O) groups excluding carboxylic acids is 3. The van der Waals surface area contributed by atoms with Gasteiger partial charge in [0, 0.05) is 0 Å². The maximum atomic E-state index is 12.6. The summed E-state index contributed by atoms with van der Waals surface area (Å²) in [6.07, 6.45) is -4.12. The van der Waals surface area contributed by atoms with Crippen molar-refractivity contribution >= 4 is 23.9 Å². The number of hydrogen-bond donors (Lipinski definition) is 1. The molecule has 0 unspecified atom stereocenters. The van der Waals surface area contributed by atoms with Gasteiger partial charge in [0.15, 0.2) is 0 Å².